The van der Waals surface area contributed by atoms with Crippen LogP contribution in [0.1, 0.15) is 59.1 Å². The molecule has 1 aromatic carbocycles. The van der Waals surface area contributed by atoms with Gasteiger partial charge in [-0.25, -0.2) is 0 Å². The zero-order valence-electron chi connectivity index (χ0n) is 15.9. The maximum atomic E-state index is 11.4. The number of hydrogen-bond donors (Lipinski definition) is 1. The first-order valence-electron chi connectivity index (χ1n) is 10.0. The van der Waals surface area contributed by atoms with E-state index < -0.39 is 0 Å². The van der Waals surface area contributed by atoms with E-state index in [0.717, 1.165) is 49.8 Å². The van der Waals surface area contributed by atoms with Gasteiger partial charge in [-0.3, -0.25) is 4.79 Å². The summed E-state index contributed by atoms with van der Waals surface area (Å²) < 4.78 is 0. The number of carbonyl (C=O) groups is 1. The third kappa shape index (κ3) is 5.66. The second-order valence-electron chi connectivity index (χ2n) is 7.74. The Labute approximate surface area is 171 Å². The third-order valence-electron chi connectivity index (χ3n) is 5.79. The normalized spacial score (nSPS) is 25.0. The lowest BCUT2D eigenvalue weighted by Crippen LogP contribution is -2.21. The molecule has 1 N–H and O–H groups in total. The fourth-order valence-corrected chi connectivity index (χ4v) is 5.78. The van der Waals surface area contributed by atoms with E-state index in [0.29, 0.717) is 11.8 Å². The van der Waals surface area contributed by atoms with Gasteiger partial charge in [0.15, 0.2) is 5.78 Å². The molecule has 2 nitrogen and oxygen atoms in total. The van der Waals surface area contributed by atoms with Gasteiger partial charge in [0.2, 0.25) is 0 Å². The molecule has 4 atom stereocenters. The van der Waals surface area contributed by atoms with Crippen LogP contribution in [0.2, 0.25) is 0 Å². The second kappa shape index (κ2) is 9.86. The minimum atomic E-state index is -0.265. The number of halogens is 1. The number of aryl methyl sites for hydroxylation is 2. The zero-order chi connectivity index (χ0) is 19.2. The minimum absolute atomic E-state index is 0.0813. The van der Waals surface area contributed by atoms with Gasteiger partial charge >= 0.3 is 0 Å². The van der Waals surface area contributed by atoms with Crippen LogP contribution in [0.4, 0.5) is 0 Å². The second-order valence-corrected chi connectivity index (χ2v) is 9.47. The van der Waals surface area contributed by atoms with Crippen molar-refractivity contribution < 1.29 is 9.90 Å². The number of carbonyl (C=O) groups excluding carboxylic acids is 1. The summed E-state index contributed by atoms with van der Waals surface area (Å²) in [6.45, 7) is 1.62. The van der Waals surface area contributed by atoms with E-state index in [9.17, 15) is 9.90 Å². The molecule has 1 heterocycles. The third-order valence-corrected chi connectivity index (χ3v) is 7.54. The molecule has 0 unspecified atom stereocenters. The highest BCUT2D eigenvalue weighted by Crippen LogP contribution is 2.41. The topological polar surface area (TPSA) is 37.3 Å². The van der Waals surface area contributed by atoms with Gasteiger partial charge < -0.3 is 5.11 Å². The lowest BCUT2D eigenvalue weighted by Gasteiger charge is -2.23. The van der Waals surface area contributed by atoms with Crippen molar-refractivity contribution >= 4 is 28.7 Å². The monoisotopic (exact) mass is 404 g/mol. The predicted molar refractivity (Wildman–Crippen MR) is 114 cm³/mol. The van der Waals surface area contributed by atoms with Crippen LogP contribution in [0.3, 0.4) is 0 Å². The molecule has 27 heavy (non-hydrogen) atoms. The van der Waals surface area contributed by atoms with E-state index in [1.54, 1.807) is 18.3 Å². The molecule has 0 amide bonds. The number of hydrogen-bond acceptors (Lipinski definition) is 3. The largest absolute Gasteiger partial charge is 0.393 e. The van der Waals surface area contributed by atoms with Gasteiger partial charge in [0.1, 0.15) is 0 Å². The van der Waals surface area contributed by atoms with Crippen molar-refractivity contribution in [2.45, 2.75) is 63.4 Å². The van der Waals surface area contributed by atoms with Crippen molar-refractivity contribution in [3.05, 3.63) is 57.8 Å². The summed E-state index contributed by atoms with van der Waals surface area (Å²) in [7, 11) is 0. The molecule has 1 saturated carbocycles. The van der Waals surface area contributed by atoms with Crippen molar-refractivity contribution in [1.29, 1.82) is 0 Å². The van der Waals surface area contributed by atoms with Crippen LogP contribution < -0.4 is 0 Å². The number of Topliss-reactive ketones (excluding diaryl/α,β-unsaturated/α-hetero) is 1. The van der Waals surface area contributed by atoms with E-state index in [4.69, 9.17) is 11.6 Å². The van der Waals surface area contributed by atoms with Gasteiger partial charge in [-0.1, -0.05) is 30.3 Å². The van der Waals surface area contributed by atoms with Gasteiger partial charge in [-0.15, -0.1) is 22.9 Å². The Hall–Kier alpha value is -1.16. The van der Waals surface area contributed by atoms with Crippen LogP contribution in [-0.4, -0.2) is 22.4 Å². The van der Waals surface area contributed by atoms with Crippen LogP contribution in [-0.2, 0) is 12.8 Å². The minimum Gasteiger partial charge on any atom is -0.393 e. The molecule has 0 radical (unpaired) electrons. The van der Waals surface area contributed by atoms with Crippen molar-refractivity contribution in [3.8, 4) is 0 Å². The highest BCUT2D eigenvalue weighted by Gasteiger charge is 2.40. The first-order valence-corrected chi connectivity index (χ1v) is 11.3. The van der Waals surface area contributed by atoms with Crippen molar-refractivity contribution in [3.63, 3.8) is 0 Å². The van der Waals surface area contributed by atoms with E-state index in [-0.39, 0.29) is 17.3 Å². The van der Waals surface area contributed by atoms with Crippen molar-refractivity contribution in [2.75, 3.05) is 0 Å². The van der Waals surface area contributed by atoms with E-state index in [1.807, 2.05) is 12.1 Å². The first kappa shape index (κ1) is 20.6. The number of ketones is 1. The molecule has 3 rings (SSSR count). The maximum Gasteiger partial charge on any atom is 0.169 e. The van der Waals surface area contributed by atoms with Crippen LogP contribution in [0.25, 0.3) is 0 Å². The SMILES string of the molecule is CC(=O)c1ccc(CCC[C@@H]2[C@@H](CCCc3ccccc3)[C@H](O)C[C@H]2Cl)s1. The molecular formula is C23H29ClO2S. The maximum absolute atomic E-state index is 11.4. The molecule has 0 aliphatic heterocycles. The average Bonchev–Trinajstić information content (AvgIpc) is 3.22. The summed E-state index contributed by atoms with van der Waals surface area (Å²) in [6.07, 6.45) is 6.76. The predicted octanol–water partition coefficient (Wildman–Crippen LogP) is 5.90. The summed E-state index contributed by atoms with van der Waals surface area (Å²) in [6, 6.07) is 14.6. The number of benzene rings is 1. The quantitative estimate of drug-likeness (QED) is 0.417. The Morgan fingerprint density at radius 2 is 1.78 bits per heavy atom. The van der Waals surface area contributed by atoms with Crippen LogP contribution in [0, 0.1) is 11.8 Å². The van der Waals surface area contributed by atoms with Crippen LogP contribution in [0.15, 0.2) is 42.5 Å². The Kier molecular flexibility index (Phi) is 7.51. The molecule has 146 valence electrons. The molecule has 0 spiro atoms. The van der Waals surface area contributed by atoms with Crippen molar-refractivity contribution in [1.82, 2.24) is 0 Å². The van der Waals surface area contributed by atoms with Crippen molar-refractivity contribution in [2.24, 2.45) is 11.8 Å². The summed E-state index contributed by atoms with van der Waals surface area (Å²) in [4.78, 5) is 13.5. The molecule has 0 saturated heterocycles. The standard InChI is InChI=1S/C23H29ClO2S/c1-16(25)23-14-13-18(27-23)10-6-11-19-20(22(26)15-21(19)24)12-5-9-17-7-3-2-4-8-17/h2-4,7-8,13-14,19-22,26H,5-6,9-12,15H2,1H3/t19-,20-,21-,22-/m1/s1. The highest BCUT2D eigenvalue weighted by molar-refractivity contribution is 7.14. The zero-order valence-corrected chi connectivity index (χ0v) is 17.5. The Morgan fingerprint density at radius 3 is 2.48 bits per heavy atom. The van der Waals surface area contributed by atoms with E-state index in [2.05, 4.69) is 30.3 Å². The molecule has 2 aromatic rings. The molecule has 4 heteroatoms. The Bertz CT molecular complexity index is 727. The summed E-state index contributed by atoms with van der Waals surface area (Å²) in [5.74, 6) is 0.849. The van der Waals surface area contributed by atoms with Gasteiger partial charge in [0.05, 0.1) is 11.0 Å². The first-order chi connectivity index (χ1) is 13.0. The fourth-order valence-electron chi connectivity index (χ4n) is 4.34. The van der Waals surface area contributed by atoms with Gasteiger partial charge in [-0.2, -0.15) is 0 Å². The number of aliphatic hydroxyl groups excluding tert-OH is 1. The summed E-state index contributed by atoms with van der Waals surface area (Å²) in [5.41, 5.74) is 1.36. The number of alkyl halides is 1. The average molecular weight is 405 g/mol. The van der Waals surface area contributed by atoms with E-state index in [1.165, 1.54) is 10.4 Å². The van der Waals surface area contributed by atoms with Gasteiger partial charge in [0.25, 0.3) is 0 Å². The molecule has 1 aliphatic rings. The lowest BCUT2D eigenvalue weighted by molar-refractivity contribution is 0.102. The van der Waals surface area contributed by atoms with Crippen LogP contribution in [0.5, 0.6) is 0 Å². The fraction of sp³-hybridized carbons (Fsp3) is 0.522. The highest BCUT2D eigenvalue weighted by atomic mass is 35.5. The summed E-state index contributed by atoms with van der Waals surface area (Å²) >= 11 is 8.19. The number of rotatable bonds is 9. The van der Waals surface area contributed by atoms with Crippen LogP contribution >= 0.6 is 22.9 Å². The molecule has 1 aliphatic carbocycles. The van der Waals surface area contributed by atoms with E-state index >= 15 is 0 Å². The Balaban J connectivity index is 1.48. The number of aliphatic hydroxyl groups is 1. The summed E-state index contributed by atoms with van der Waals surface area (Å²) in [5, 5.41) is 10.6. The molecular weight excluding hydrogens is 376 g/mol. The molecule has 0 bridgehead atoms. The van der Waals surface area contributed by atoms with Gasteiger partial charge in [-0.05, 0) is 81.4 Å². The lowest BCUT2D eigenvalue weighted by atomic mass is 9.85. The smallest absolute Gasteiger partial charge is 0.169 e. The Morgan fingerprint density at radius 1 is 1.07 bits per heavy atom. The number of thiophene rings is 1. The molecule has 1 aromatic heterocycles. The van der Waals surface area contributed by atoms with Gasteiger partial charge in [0, 0.05) is 10.3 Å². The molecule has 1 fully saturated rings.